The molecule has 0 amide bonds. The molecule has 2 atom stereocenters. The molecule has 0 unspecified atom stereocenters. The second-order valence-electron chi connectivity index (χ2n) is 9.81. The Kier molecular flexibility index (Phi) is 5.88. The minimum atomic E-state index is -4.80. The number of hydrogen-bond donors (Lipinski definition) is 1. The number of aromatic nitrogens is 2. The average Bonchev–Trinajstić information content (AvgIpc) is 3.03. The molecule has 8 heteroatoms. The topological polar surface area (TPSA) is 64.4 Å². The van der Waals surface area contributed by atoms with Gasteiger partial charge in [-0.3, -0.25) is 0 Å². The van der Waals surface area contributed by atoms with Crippen LogP contribution in [0.2, 0.25) is 0 Å². The lowest BCUT2D eigenvalue weighted by molar-refractivity contribution is -0.274. The van der Waals surface area contributed by atoms with Crippen molar-refractivity contribution in [2.75, 3.05) is 0 Å². The zero-order chi connectivity index (χ0) is 24.0. The number of imidazole rings is 1. The molecule has 1 aromatic heterocycles. The van der Waals surface area contributed by atoms with Crippen LogP contribution in [-0.2, 0) is 6.42 Å². The molecule has 4 rings (SSSR count). The lowest BCUT2D eigenvalue weighted by atomic mass is 9.70. The zero-order valence-electron chi connectivity index (χ0n) is 18.8. The molecule has 1 aliphatic rings. The number of fused-ring (bicyclic) bond motifs is 1. The normalized spacial score (nSPS) is 20.7. The zero-order valence-corrected chi connectivity index (χ0v) is 18.8. The fourth-order valence-electron chi connectivity index (χ4n) is 5.35. The molecule has 1 heterocycles. The summed E-state index contributed by atoms with van der Waals surface area (Å²) in [7, 11) is 0. The standard InChI is InChI=1S/C25H27F3N2O3/c1-15-10-18(14-24(2,3)13-15)30-20-9-8-17(23(31)32)11-19(20)29-22(30)12-16-6-4-5-7-21(16)33-25(26,27)28/h4-9,11,15,18H,10,12-14H2,1-3H3,(H,31,32)/t15-,18+/m0/s1. The van der Waals surface area contributed by atoms with Gasteiger partial charge in [-0.1, -0.05) is 39.0 Å². The van der Waals surface area contributed by atoms with Crippen LogP contribution in [0.4, 0.5) is 13.2 Å². The van der Waals surface area contributed by atoms with E-state index in [1.54, 1.807) is 24.3 Å². The van der Waals surface area contributed by atoms with E-state index >= 15 is 0 Å². The fraction of sp³-hybridized carbons (Fsp3) is 0.440. The Bertz CT molecular complexity index is 1180. The molecular weight excluding hydrogens is 433 g/mol. The second kappa shape index (κ2) is 8.39. The van der Waals surface area contributed by atoms with E-state index in [-0.39, 0.29) is 29.2 Å². The highest BCUT2D eigenvalue weighted by molar-refractivity contribution is 5.92. The van der Waals surface area contributed by atoms with Crippen molar-refractivity contribution in [2.24, 2.45) is 11.3 Å². The fourth-order valence-corrected chi connectivity index (χ4v) is 5.35. The van der Waals surface area contributed by atoms with Gasteiger partial charge in [-0.15, -0.1) is 13.2 Å². The van der Waals surface area contributed by atoms with Gasteiger partial charge >= 0.3 is 12.3 Å². The van der Waals surface area contributed by atoms with Crippen molar-refractivity contribution in [1.29, 1.82) is 0 Å². The van der Waals surface area contributed by atoms with Crippen molar-refractivity contribution < 1.29 is 27.8 Å². The van der Waals surface area contributed by atoms with Crippen LogP contribution in [0.3, 0.4) is 0 Å². The van der Waals surface area contributed by atoms with E-state index in [2.05, 4.69) is 30.1 Å². The molecule has 3 aromatic rings. The van der Waals surface area contributed by atoms with Crippen molar-refractivity contribution in [2.45, 2.75) is 58.9 Å². The van der Waals surface area contributed by atoms with E-state index in [4.69, 9.17) is 4.98 Å². The molecule has 176 valence electrons. The van der Waals surface area contributed by atoms with E-state index in [9.17, 15) is 23.1 Å². The van der Waals surface area contributed by atoms with Gasteiger partial charge in [0.25, 0.3) is 0 Å². The molecule has 1 fully saturated rings. The number of nitrogens with zero attached hydrogens (tertiary/aromatic N) is 2. The third-order valence-electron chi connectivity index (χ3n) is 6.29. The number of para-hydroxylation sites is 1. The summed E-state index contributed by atoms with van der Waals surface area (Å²) in [5.41, 5.74) is 1.91. The lowest BCUT2D eigenvalue weighted by Crippen LogP contribution is -2.30. The summed E-state index contributed by atoms with van der Waals surface area (Å²) in [6.45, 7) is 6.66. The number of carboxylic acid groups (broad SMARTS) is 1. The molecule has 2 aromatic carbocycles. The third kappa shape index (κ3) is 5.15. The Balaban J connectivity index is 1.83. The molecule has 33 heavy (non-hydrogen) atoms. The van der Waals surface area contributed by atoms with Crippen LogP contribution in [0, 0.1) is 11.3 Å². The Hall–Kier alpha value is -3.03. The van der Waals surface area contributed by atoms with Crippen LogP contribution < -0.4 is 4.74 Å². The molecule has 0 bridgehead atoms. The first-order valence-electron chi connectivity index (χ1n) is 11.0. The molecule has 0 spiro atoms. The number of hydrogen-bond acceptors (Lipinski definition) is 3. The smallest absolute Gasteiger partial charge is 0.478 e. The number of benzene rings is 2. The van der Waals surface area contributed by atoms with Crippen molar-refractivity contribution >= 4 is 17.0 Å². The summed E-state index contributed by atoms with van der Waals surface area (Å²) in [4.78, 5) is 16.2. The second-order valence-corrected chi connectivity index (χ2v) is 9.81. The van der Waals surface area contributed by atoms with Gasteiger partial charge in [-0.25, -0.2) is 9.78 Å². The number of carbonyl (C=O) groups is 1. The summed E-state index contributed by atoms with van der Waals surface area (Å²) in [6.07, 6.45) is -1.75. The van der Waals surface area contributed by atoms with E-state index in [0.717, 1.165) is 24.8 Å². The summed E-state index contributed by atoms with van der Waals surface area (Å²) in [5, 5.41) is 9.39. The number of aromatic carboxylic acids is 1. The quantitative estimate of drug-likeness (QED) is 0.465. The summed E-state index contributed by atoms with van der Waals surface area (Å²) < 4.78 is 45.2. The number of ether oxygens (including phenoxy) is 1. The predicted molar refractivity (Wildman–Crippen MR) is 118 cm³/mol. The molecule has 5 nitrogen and oxygen atoms in total. The summed E-state index contributed by atoms with van der Waals surface area (Å²) in [5.74, 6) is -0.236. The van der Waals surface area contributed by atoms with Crippen LogP contribution in [0.25, 0.3) is 11.0 Å². The van der Waals surface area contributed by atoms with Crippen LogP contribution in [0.1, 0.15) is 67.8 Å². The number of carboxylic acids is 1. The number of rotatable bonds is 5. The Morgan fingerprint density at radius 2 is 1.94 bits per heavy atom. The van der Waals surface area contributed by atoms with Crippen LogP contribution >= 0.6 is 0 Å². The van der Waals surface area contributed by atoms with Crippen LogP contribution in [0.15, 0.2) is 42.5 Å². The van der Waals surface area contributed by atoms with Gasteiger partial charge in [-0.05, 0) is 54.9 Å². The molecule has 0 aliphatic heterocycles. The average molecular weight is 460 g/mol. The molecular formula is C25H27F3N2O3. The summed E-state index contributed by atoms with van der Waals surface area (Å²) in [6, 6.07) is 11.0. The molecule has 1 saturated carbocycles. The maximum atomic E-state index is 12.9. The van der Waals surface area contributed by atoms with Gasteiger partial charge in [0.2, 0.25) is 0 Å². The Morgan fingerprint density at radius 3 is 2.61 bits per heavy atom. The molecule has 0 saturated heterocycles. The van der Waals surface area contributed by atoms with Crippen molar-refractivity contribution in [3.63, 3.8) is 0 Å². The molecule has 1 aliphatic carbocycles. The number of halogens is 3. The maximum Gasteiger partial charge on any atom is 0.573 e. The van der Waals surface area contributed by atoms with Crippen molar-refractivity contribution in [1.82, 2.24) is 9.55 Å². The molecule has 0 radical (unpaired) electrons. The Morgan fingerprint density at radius 1 is 1.21 bits per heavy atom. The van der Waals surface area contributed by atoms with Crippen molar-refractivity contribution in [3.05, 3.63) is 59.4 Å². The van der Waals surface area contributed by atoms with Gasteiger partial charge in [0.05, 0.1) is 16.6 Å². The first-order valence-corrected chi connectivity index (χ1v) is 11.0. The summed E-state index contributed by atoms with van der Waals surface area (Å²) >= 11 is 0. The maximum absolute atomic E-state index is 12.9. The monoisotopic (exact) mass is 460 g/mol. The first-order chi connectivity index (χ1) is 15.4. The Labute approximate surface area is 190 Å². The van der Waals surface area contributed by atoms with Gasteiger partial charge < -0.3 is 14.4 Å². The largest absolute Gasteiger partial charge is 0.573 e. The minimum Gasteiger partial charge on any atom is -0.478 e. The minimum absolute atomic E-state index is 0.106. The first kappa shape index (κ1) is 23.1. The van der Waals surface area contributed by atoms with Gasteiger partial charge in [0.15, 0.2) is 0 Å². The van der Waals surface area contributed by atoms with Crippen LogP contribution in [0.5, 0.6) is 5.75 Å². The highest BCUT2D eigenvalue weighted by atomic mass is 19.4. The molecule has 1 N–H and O–H groups in total. The highest BCUT2D eigenvalue weighted by Crippen LogP contribution is 2.45. The SMILES string of the molecule is C[C@H]1C[C@@H](n2c(Cc3ccccc3OC(F)(F)F)nc3cc(C(=O)O)ccc32)CC(C)(C)C1. The van der Waals surface area contributed by atoms with E-state index < -0.39 is 12.3 Å². The third-order valence-corrected chi connectivity index (χ3v) is 6.29. The van der Waals surface area contributed by atoms with Crippen LogP contribution in [-0.4, -0.2) is 27.0 Å². The lowest BCUT2D eigenvalue weighted by Gasteiger charge is -2.40. The predicted octanol–water partition coefficient (Wildman–Crippen LogP) is 6.61. The van der Waals surface area contributed by atoms with E-state index in [0.29, 0.717) is 22.8 Å². The number of alkyl halides is 3. The van der Waals surface area contributed by atoms with E-state index in [1.807, 2.05) is 0 Å². The van der Waals surface area contributed by atoms with Gasteiger partial charge in [0.1, 0.15) is 11.6 Å². The van der Waals surface area contributed by atoms with Gasteiger partial charge in [-0.2, -0.15) is 0 Å². The van der Waals surface area contributed by atoms with E-state index in [1.165, 1.54) is 18.2 Å². The van der Waals surface area contributed by atoms with Crippen molar-refractivity contribution in [3.8, 4) is 5.75 Å². The van der Waals surface area contributed by atoms with Gasteiger partial charge in [0, 0.05) is 18.0 Å². The highest BCUT2D eigenvalue weighted by Gasteiger charge is 2.35.